The Morgan fingerprint density at radius 2 is 2.11 bits per heavy atom. The maximum absolute atomic E-state index is 3.51. The van der Waals surface area contributed by atoms with Gasteiger partial charge in [-0.3, -0.25) is 0 Å². The van der Waals surface area contributed by atoms with E-state index in [1.807, 2.05) is 0 Å². The van der Waals surface area contributed by atoms with Crippen LogP contribution in [0.25, 0.3) is 0 Å². The average molecular weight is 125 g/mol. The van der Waals surface area contributed by atoms with E-state index in [1.54, 1.807) is 0 Å². The molecule has 0 aromatic rings. The molecular weight excluding hydrogens is 110 g/mol. The SMILES string of the molecule is CC1NCCC2CCC21. The van der Waals surface area contributed by atoms with Gasteiger partial charge in [0.2, 0.25) is 0 Å². The van der Waals surface area contributed by atoms with Crippen molar-refractivity contribution in [3.63, 3.8) is 0 Å². The van der Waals surface area contributed by atoms with Gasteiger partial charge in [-0.05, 0) is 44.6 Å². The zero-order valence-corrected chi connectivity index (χ0v) is 6.06. The van der Waals surface area contributed by atoms with Crippen LogP contribution in [-0.4, -0.2) is 12.6 Å². The van der Waals surface area contributed by atoms with Crippen molar-refractivity contribution in [2.24, 2.45) is 11.8 Å². The van der Waals surface area contributed by atoms with Crippen LogP contribution in [0.5, 0.6) is 0 Å². The van der Waals surface area contributed by atoms with Crippen molar-refractivity contribution in [1.29, 1.82) is 0 Å². The summed E-state index contributed by atoms with van der Waals surface area (Å²) in [4.78, 5) is 0. The van der Waals surface area contributed by atoms with Gasteiger partial charge in [-0.2, -0.15) is 0 Å². The second-order valence-corrected chi connectivity index (χ2v) is 3.53. The molecule has 1 heteroatoms. The van der Waals surface area contributed by atoms with Crippen molar-refractivity contribution in [1.82, 2.24) is 5.32 Å². The molecule has 1 heterocycles. The Morgan fingerprint density at radius 3 is 2.56 bits per heavy atom. The molecule has 1 saturated heterocycles. The number of fused-ring (bicyclic) bond motifs is 1. The van der Waals surface area contributed by atoms with Gasteiger partial charge in [0, 0.05) is 6.04 Å². The molecule has 0 aromatic heterocycles. The van der Waals surface area contributed by atoms with Crippen LogP contribution < -0.4 is 5.32 Å². The van der Waals surface area contributed by atoms with Crippen molar-refractivity contribution in [3.8, 4) is 0 Å². The Labute approximate surface area is 56.8 Å². The molecule has 2 rings (SSSR count). The summed E-state index contributed by atoms with van der Waals surface area (Å²) in [7, 11) is 0. The molecule has 2 aliphatic rings. The van der Waals surface area contributed by atoms with Gasteiger partial charge in [-0.1, -0.05) is 0 Å². The summed E-state index contributed by atoms with van der Waals surface area (Å²) < 4.78 is 0. The molecule has 0 spiro atoms. The maximum atomic E-state index is 3.51. The summed E-state index contributed by atoms with van der Waals surface area (Å²) in [5.41, 5.74) is 0. The molecule has 1 aliphatic heterocycles. The lowest BCUT2D eigenvalue weighted by Gasteiger charge is -2.45. The van der Waals surface area contributed by atoms with Gasteiger partial charge >= 0.3 is 0 Å². The molecule has 0 amide bonds. The molecule has 2 fully saturated rings. The fourth-order valence-corrected chi connectivity index (χ4v) is 2.26. The fourth-order valence-electron chi connectivity index (χ4n) is 2.26. The van der Waals surface area contributed by atoms with Crippen LogP contribution in [-0.2, 0) is 0 Å². The predicted octanol–water partition coefficient (Wildman–Crippen LogP) is 1.39. The van der Waals surface area contributed by atoms with Crippen LogP contribution in [0.15, 0.2) is 0 Å². The molecular formula is C8H15N. The minimum Gasteiger partial charge on any atom is -0.314 e. The van der Waals surface area contributed by atoms with Gasteiger partial charge < -0.3 is 5.32 Å². The van der Waals surface area contributed by atoms with Gasteiger partial charge in [0.1, 0.15) is 0 Å². The van der Waals surface area contributed by atoms with Crippen LogP contribution in [0.4, 0.5) is 0 Å². The smallest absolute Gasteiger partial charge is 0.00696 e. The summed E-state index contributed by atoms with van der Waals surface area (Å²) in [5, 5.41) is 3.51. The number of hydrogen-bond acceptors (Lipinski definition) is 1. The lowest BCUT2D eigenvalue weighted by Crippen LogP contribution is -2.48. The van der Waals surface area contributed by atoms with Crippen LogP contribution in [0.1, 0.15) is 26.2 Å². The van der Waals surface area contributed by atoms with Crippen LogP contribution in [0, 0.1) is 11.8 Å². The second-order valence-electron chi connectivity index (χ2n) is 3.53. The molecule has 3 unspecified atom stereocenters. The molecule has 1 nitrogen and oxygen atoms in total. The van der Waals surface area contributed by atoms with E-state index in [0.717, 1.165) is 17.9 Å². The van der Waals surface area contributed by atoms with Gasteiger partial charge in [0.05, 0.1) is 0 Å². The van der Waals surface area contributed by atoms with E-state index >= 15 is 0 Å². The van der Waals surface area contributed by atoms with E-state index < -0.39 is 0 Å². The number of nitrogens with one attached hydrogen (secondary N) is 1. The summed E-state index contributed by atoms with van der Waals surface area (Å²) in [5.74, 6) is 2.14. The van der Waals surface area contributed by atoms with Crippen molar-refractivity contribution in [2.45, 2.75) is 32.2 Å². The van der Waals surface area contributed by atoms with E-state index in [0.29, 0.717) is 0 Å². The molecule has 1 aliphatic carbocycles. The Morgan fingerprint density at radius 1 is 1.22 bits per heavy atom. The quantitative estimate of drug-likeness (QED) is 0.516. The first-order valence-electron chi connectivity index (χ1n) is 4.11. The molecule has 0 aromatic carbocycles. The summed E-state index contributed by atoms with van der Waals surface area (Å²) >= 11 is 0. The first-order chi connectivity index (χ1) is 4.38. The first kappa shape index (κ1) is 5.72. The molecule has 1 saturated carbocycles. The highest BCUT2D eigenvalue weighted by atomic mass is 14.9. The number of piperidine rings is 1. The predicted molar refractivity (Wildman–Crippen MR) is 38.3 cm³/mol. The van der Waals surface area contributed by atoms with Crippen molar-refractivity contribution < 1.29 is 0 Å². The lowest BCUT2D eigenvalue weighted by molar-refractivity contribution is 0.0894. The molecule has 1 N–H and O–H groups in total. The normalized spacial score (nSPS) is 49.7. The highest BCUT2D eigenvalue weighted by Gasteiger charge is 2.36. The molecule has 3 atom stereocenters. The van der Waals surface area contributed by atoms with E-state index in [4.69, 9.17) is 0 Å². The molecule has 52 valence electrons. The fraction of sp³-hybridized carbons (Fsp3) is 1.00. The molecule has 0 radical (unpaired) electrons. The van der Waals surface area contributed by atoms with Gasteiger partial charge in [0.25, 0.3) is 0 Å². The van der Waals surface area contributed by atoms with Crippen LogP contribution in [0.3, 0.4) is 0 Å². The highest BCUT2D eigenvalue weighted by Crippen LogP contribution is 2.40. The molecule has 9 heavy (non-hydrogen) atoms. The third-order valence-electron chi connectivity index (χ3n) is 3.10. The maximum Gasteiger partial charge on any atom is 0.00696 e. The van der Waals surface area contributed by atoms with Crippen LogP contribution in [0.2, 0.25) is 0 Å². The average Bonchev–Trinajstić information content (AvgIpc) is 1.74. The van der Waals surface area contributed by atoms with E-state index in [9.17, 15) is 0 Å². The van der Waals surface area contributed by atoms with Crippen molar-refractivity contribution >= 4 is 0 Å². The van der Waals surface area contributed by atoms with Gasteiger partial charge in [-0.25, -0.2) is 0 Å². The first-order valence-corrected chi connectivity index (χ1v) is 4.11. The lowest BCUT2D eigenvalue weighted by atomic mass is 9.67. The van der Waals surface area contributed by atoms with Crippen molar-refractivity contribution in [2.75, 3.05) is 6.54 Å². The second kappa shape index (κ2) is 1.98. The summed E-state index contributed by atoms with van der Waals surface area (Å²) in [6.45, 7) is 3.60. The zero-order chi connectivity index (χ0) is 6.27. The Hall–Kier alpha value is -0.0400. The Kier molecular flexibility index (Phi) is 1.26. The zero-order valence-electron chi connectivity index (χ0n) is 6.06. The van der Waals surface area contributed by atoms with E-state index in [1.165, 1.54) is 25.8 Å². The minimum atomic E-state index is 0.817. The summed E-state index contributed by atoms with van der Waals surface area (Å²) in [6.07, 6.45) is 4.44. The van der Waals surface area contributed by atoms with Crippen LogP contribution >= 0.6 is 0 Å². The Balaban J connectivity index is 1.98. The third kappa shape index (κ3) is 0.787. The van der Waals surface area contributed by atoms with E-state index in [2.05, 4.69) is 12.2 Å². The number of hydrogen-bond donors (Lipinski definition) is 1. The number of rotatable bonds is 0. The third-order valence-corrected chi connectivity index (χ3v) is 3.10. The molecule has 0 bridgehead atoms. The minimum absolute atomic E-state index is 0.817. The Bertz CT molecular complexity index is 105. The summed E-state index contributed by atoms with van der Waals surface area (Å²) in [6, 6.07) is 0.817. The van der Waals surface area contributed by atoms with Crippen molar-refractivity contribution in [3.05, 3.63) is 0 Å². The van der Waals surface area contributed by atoms with Gasteiger partial charge in [0.15, 0.2) is 0 Å². The largest absolute Gasteiger partial charge is 0.314 e. The standard InChI is InChI=1S/C8H15N/c1-6-8-3-2-7(8)4-5-9-6/h6-9H,2-5H2,1H3. The van der Waals surface area contributed by atoms with E-state index in [-0.39, 0.29) is 0 Å². The van der Waals surface area contributed by atoms with Gasteiger partial charge in [-0.15, -0.1) is 0 Å². The highest BCUT2D eigenvalue weighted by molar-refractivity contribution is 4.91. The monoisotopic (exact) mass is 125 g/mol. The topological polar surface area (TPSA) is 12.0 Å².